The predicted octanol–water partition coefficient (Wildman–Crippen LogP) is 4.44. The summed E-state index contributed by atoms with van der Waals surface area (Å²) in [7, 11) is 0. The number of nitrogens with zero attached hydrogens (tertiary/aromatic N) is 2. The van der Waals surface area contributed by atoms with Crippen molar-refractivity contribution in [1.29, 1.82) is 0 Å². The lowest BCUT2D eigenvalue weighted by Gasteiger charge is -2.41. The fourth-order valence-electron chi connectivity index (χ4n) is 5.34. The molecular weight excluding hydrogens is 410 g/mol. The SMILES string of the molecule is CCc1ccc(C(=O)N2CCN(C(C(=O)NC(C)c3ccccc3)C3CCCC3)CC2)cc1. The normalized spacial score (nSPS) is 19.3. The molecule has 1 aliphatic carbocycles. The predicted molar refractivity (Wildman–Crippen MR) is 132 cm³/mol. The first-order valence-electron chi connectivity index (χ1n) is 12.5. The zero-order valence-corrected chi connectivity index (χ0v) is 20.0. The van der Waals surface area contributed by atoms with E-state index < -0.39 is 0 Å². The van der Waals surface area contributed by atoms with Gasteiger partial charge in [-0.1, -0.05) is 62.2 Å². The van der Waals surface area contributed by atoms with Crippen LogP contribution in [0.3, 0.4) is 0 Å². The Morgan fingerprint density at radius 1 is 0.939 bits per heavy atom. The Balaban J connectivity index is 1.40. The van der Waals surface area contributed by atoms with E-state index in [0.717, 1.165) is 43.5 Å². The molecule has 5 nitrogen and oxygen atoms in total. The minimum absolute atomic E-state index is 0.0171. The second-order valence-corrected chi connectivity index (χ2v) is 9.51. The lowest BCUT2D eigenvalue weighted by Crippen LogP contribution is -2.58. The average molecular weight is 448 g/mol. The molecule has 0 radical (unpaired) electrons. The maximum Gasteiger partial charge on any atom is 0.253 e. The van der Waals surface area contributed by atoms with Crippen LogP contribution in [0.4, 0.5) is 0 Å². The van der Waals surface area contributed by atoms with Crippen molar-refractivity contribution in [2.75, 3.05) is 26.2 Å². The fraction of sp³-hybridized carbons (Fsp3) is 0.500. The second kappa shape index (κ2) is 11.0. The Kier molecular flexibility index (Phi) is 7.81. The Bertz CT molecular complexity index is 914. The van der Waals surface area contributed by atoms with Crippen LogP contribution < -0.4 is 5.32 Å². The van der Waals surface area contributed by atoms with E-state index in [2.05, 4.69) is 36.2 Å². The number of hydrogen-bond donors (Lipinski definition) is 1. The smallest absolute Gasteiger partial charge is 0.253 e. The Hall–Kier alpha value is -2.66. The Morgan fingerprint density at radius 2 is 1.58 bits per heavy atom. The molecule has 1 N–H and O–H groups in total. The van der Waals surface area contributed by atoms with Crippen molar-refractivity contribution in [3.05, 3.63) is 71.3 Å². The van der Waals surface area contributed by atoms with Gasteiger partial charge >= 0.3 is 0 Å². The molecule has 4 rings (SSSR count). The van der Waals surface area contributed by atoms with E-state index in [1.165, 1.54) is 18.4 Å². The van der Waals surface area contributed by atoms with Crippen molar-refractivity contribution in [3.63, 3.8) is 0 Å². The van der Waals surface area contributed by atoms with Crippen LogP contribution in [0.25, 0.3) is 0 Å². The van der Waals surface area contributed by atoms with Gasteiger partial charge in [0.15, 0.2) is 0 Å². The maximum atomic E-state index is 13.5. The lowest BCUT2D eigenvalue weighted by molar-refractivity contribution is -0.129. The molecule has 1 saturated heterocycles. The van der Waals surface area contributed by atoms with E-state index in [9.17, 15) is 9.59 Å². The van der Waals surface area contributed by atoms with Crippen molar-refractivity contribution in [2.45, 2.75) is 58.0 Å². The molecule has 2 aromatic carbocycles. The quantitative estimate of drug-likeness (QED) is 0.683. The van der Waals surface area contributed by atoms with Crippen molar-refractivity contribution in [3.8, 4) is 0 Å². The molecule has 2 aromatic rings. The molecule has 0 aromatic heterocycles. The summed E-state index contributed by atoms with van der Waals surface area (Å²) < 4.78 is 0. The van der Waals surface area contributed by atoms with Crippen LogP contribution in [0.1, 0.15) is 67.1 Å². The third-order valence-electron chi connectivity index (χ3n) is 7.38. The standard InChI is InChI=1S/C28H37N3O2/c1-3-22-13-15-25(16-14-22)28(33)31-19-17-30(18-20-31)26(24-11-7-8-12-24)27(32)29-21(2)23-9-5-4-6-10-23/h4-6,9-10,13-16,21,24,26H,3,7-8,11-12,17-20H2,1-2H3,(H,29,32). The van der Waals surface area contributed by atoms with Gasteiger partial charge in [0.25, 0.3) is 5.91 Å². The highest BCUT2D eigenvalue weighted by molar-refractivity contribution is 5.94. The second-order valence-electron chi connectivity index (χ2n) is 9.51. The Labute approximate surface area is 198 Å². The molecular formula is C28H37N3O2. The van der Waals surface area contributed by atoms with E-state index in [1.807, 2.05) is 47.4 Å². The largest absolute Gasteiger partial charge is 0.348 e. The number of carbonyl (C=O) groups is 2. The minimum Gasteiger partial charge on any atom is -0.348 e. The first-order chi connectivity index (χ1) is 16.1. The molecule has 2 atom stereocenters. The summed E-state index contributed by atoms with van der Waals surface area (Å²) in [4.78, 5) is 30.7. The molecule has 0 spiro atoms. The van der Waals surface area contributed by atoms with Gasteiger partial charge in [-0.2, -0.15) is 0 Å². The number of piperazine rings is 1. The molecule has 2 amide bonds. The fourth-order valence-corrected chi connectivity index (χ4v) is 5.34. The van der Waals surface area contributed by atoms with E-state index in [-0.39, 0.29) is 23.9 Å². The van der Waals surface area contributed by atoms with Gasteiger partial charge in [-0.15, -0.1) is 0 Å². The number of hydrogen-bond acceptors (Lipinski definition) is 3. The van der Waals surface area contributed by atoms with E-state index in [1.54, 1.807) is 0 Å². The highest BCUT2D eigenvalue weighted by Crippen LogP contribution is 2.31. The van der Waals surface area contributed by atoms with Gasteiger partial charge in [-0.3, -0.25) is 14.5 Å². The van der Waals surface area contributed by atoms with Crippen LogP contribution in [0, 0.1) is 5.92 Å². The summed E-state index contributed by atoms with van der Waals surface area (Å²) in [5.41, 5.74) is 3.12. The number of aryl methyl sites for hydroxylation is 1. The van der Waals surface area contributed by atoms with Gasteiger partial charge in [-0.05, 0) is 55.4 Å². The molecule has 0 bridgehead atoms. The summed E-state index contributed by atoms with van der Waals surface area (Å²) in [5.74, 6) is 0.627. The summed E-state index contributed by atoms with van der Waals surface area (Å²) in [5, 5.41) is 3.28. The van der Waals surface area contributed by atoms with E-state index >= 15 is 0 Å². The van der Waals surface area contributed by atoms with Crippen molar-refractivity contribution >= 4 is 11.8 Å². The summed E-state index contributed by atoms with van der Waals surface area (Å²) in [6, 6.07) is 18.0. The average Bonchev–Trinajstić information content (AvgIpc) is 3.39. The van der Waals surface area contributed by atoms with Crippen LogP contribution in [0.15, 0.2) is 54.6 Å². The summed E-state index contributed by atoms with van der Waals surface area (Å²) in [6.45, 7) is 6.99. The van der Waals surface area contributed by atoms with Gasteiger partial charge in [-0.25, -0.2) is 0 Å². The highest BCUT2D eigenvalue weighted by atomic mass is 16.2. The van der Waals surface area contributed by atoms with Gasteiger partial charge < -0.3 is 10.2 Å². The third-order valence-corrected chi connectivity index (χ3v) is 7.38. The highest BCUT2D eigenvalue weighted by Gasteiger charge is 2.37. The third kappa shape index (κ3) is 5.64. The van der Waals surface area contributed by atoms with Crippen LogP contribution in [0.2, 0.25) is 0 Å². The first kappa shape index (κ1) is 23.5. The van der Waals surface area contributed by atoms with Gasteiger partial charge in [0.1, 0.15) is 0 Å². The summed E-state index contributed by atoms with van der Waals surface area (Å²) in [6.07, 6.45) is 5.60. The number of amides is 2. The monoisotopic (exact) mass is 447 g/mol. The van der Waals surface area contributed by atoms with Crippen LogP contribution in [-0.2, 0) is 11.2 Å². The van der Waals surface area contributed by atoms with Gasteiger partial charge in [0.2, 0.25) is 5.91 Å². The van der Waals surface area contributed by atoms with Crippen LogP contribution in [-0.4, -0.2) is 53.8 Å². The minimum atomic E-state index is -0.111. The zero-order chi connectivity index (χ0) is 23.2. The number of benzene rings is 2. The number of nitrogens with one attached hydrogen (secondary N) is 1. The lowest BCUT2D eigenvalue weighted by atomic mass is 9.94. The van der Waals surface area contributed by atoms with Crippen molar-refractivity contribution in [1.82, 2.24) is 15.1 Å². The van der Waals surface area contributed by atoms with E-state index in [0.29, 0.717) is 19.0 Å². The zero-order valence-electron chi connectivity index (χ0n) is 20.0. The summed E-state index contributed by atoms with van der Waals surface area (Å²) >= 11 is 0. The van der Waals surface area contributed by atoms with Crippen LogP contribution in [0.5, 0.6) is 0 Å². The van der Waals surface area contributed by atoms with Crippen molar-refractivity contribution in [2.24, 2.45) is 5.92 Å². The topological polar surface area (TPSA) is 52.7 Å². The number of rotatable bonds is 7. The molecule has 2 fully saturated rings. The molecule has 1 heterocycles. The molecule has 33 heavy (non-hydrogen) atoms. The number of carbonyl (C=O) groups excluding carboxylic acids is 2. The van der Waals surface area contributed by atoms with Gasteiger partial charge in [0, 0.05) is 31.7 Å². The van der Waals surface area contributed by atoms with Crippen molar-refractivity contribution < 1.29 is 9.59 Å². The first-order valence-corrected chi connectivity index (χ1v) is 12.5. The molecule has 2 unspecified atom stereocenters. The maximum absolute atomic E-state index is 13.5. The molecule has 176 valence electrons. The molecule has 1 saturated carbocycles. The molecule has 2 aliphatic rings. The van der Waals surface area contributed by atoms with Crippen LogP contribution >= 0.6 is 0 Å². The Morgan fingerprint density at radius 3 is 2.18 bits per heavy atom. The molecule has 1 aliphatic heterocycles. The van der Waals surface area contributed by atoms with E-state index in [4.69, 9.17) is 0 Å². The van der Waals surface area contributed by atoms with Gasteiger partial charge in [0.05, 0.1) is 12.1 Å². The molecule has 5 heteroatoms.